The zero-order chi connectivity index (χ0) is 19.3. The third kappa shape index (κ3) is 2.67. The van der Waals surface area contributed by atoms with Crippen molar-refractivity contribution in [1.82, 2.24) is 4.98 Å². The average molecular weight is 385 g/mol. The zero-order valence-corrected chi connectivity index (χ0v) is 14.8. The Morgan fingerprint density at radius 1 is 0.963 bits per heavy atom. The van der Waals surface area contributed by atoms with Crippen LogP contribution in [-0.4, -0.2) is 15.2 Å². The molecule has 0 amide bonds. The van der Waals surface area contributed by atoms with Crippen LogP contribution in [0.5, 0.6) is 11.5 Å². The van der Waals surface area contributed by atoms with Gasteiger partial charge in [-0.1, -0.05) is 24.3 Å². The number of H-pyrrole nitrogens is 1. The molecule has 0 radical (unpaired) electrons. The molecule has 0 atom stereocenters. The Kier molecular flexibility index (Phi) is 3.96. The van der Waals surface area contributed by atoms with Crippen molar-refractivity contribution in [1.29, 1.82) is 0 Å². The fourth-order valence-corrected chi connectivity index (χ4v) is 4.01. The van der Waals surface area contributed by atoms with Crippen LogP contribution in [0.2, 0.25) is 0 Å². The molecule has 4 nitrogen and oxygen atoms in total. The van der Waals surface area contributed by atoms with Gasteiger partial charge in [-0.3, -0.25) is 4.79 Å². The van der Waals surface area contributed by atoms with Crippen LogP contribution in [-0.2, 0) is 0 Å². The number of aromatic hydroxyl groups is 2. The summed E-state index contributed by atoms with van der Waals surface area (Å²) < 4.78 is 27.3. The van der Waals surface area contributed by atoms with E-state index in [1.807, 2.05) is 0 Å². The predicted octanol–water partition coefficient (Wildman–Crippen LogP) is 4.92. The van der Waals surface area contributed by atoms with Gasteiger partial charge < -0.3 is 15.2 Å². The van der Waals surface area contributed by atoms with E-state index in [1.54, 1.807) is 11.4 Å². The second kappa shape index (κ2) is 6.21. The number of hydrogen-bond donors (Lipinski definition) is 3. The molecule has 4 rings (SSSR count). The number of halogens is 2. The highest BCUT2D eigenvalue weighted by Gasteiger charge is 2.21. The predicted molar refractivity (Wildman–Crippen MR) is 101 cm³/mol. The monoisotopic (exact) mass is 385 g/mol. The van der Waals surface area contributed by atoms with Gasteiger partial charge in [0.1, 0.15) is 16.4 Å². The number of rotatable bonds is 2. The summed E-state index contributed by atoms with van der Waals surface area (Å²) in [6.07, 6.45) is 0. The lowest BCUT2D eigenvalue weighted by Gasteiger charge is -2.09. The van der Waals surface area contributed by atoms with Crippen molar-refractivity contribution < 1.29 is 19.0 Å². The first kappa shape index (κ1) is 17.2. The Balaban J connectivity index is 2.03. The van der Waals surface area contributed by atoms with Gasteiger partial charge in [0.25, 0.3) is 5.56 Å². The quantitative estimate of drug-likeness (QED) is 0.458. The molecule has 0 saturated carbocycles. The lowest BCUT2D eigenvalue weighted by molar-refractivity contribution is 0.432. The first-order chi connectivity index (χ1) is 12.9. The van der Waals surface area contributed by atoms with Crippen LogP contribution in [0.25, 0.3) is 32.5 Å². The highest BCUT2D eigenvalue weighted by atomic mass is 32.1. The highest BCUT2D eigenvalue weighted by molar-refractivity contribution is 7.17. The fraction of sp³-hybridized carbons (Fsp3) is 0.0500. The average Bonchev–Trinajstić information content (AvgIpc) is 3.05. The van der Waals surface area contributed by atoms with Crippen molar-refractivity contribution >= 4 is 21.6 Å². The van der Waals surface area contributed by atoms with Crippen molar-refractivity contribution in [2.24, 2.45) is 0 Å². The molecule has 0 spiro atoms. The molecule has 0 unspecified atom stereocenters. The molecular weight excluding hydrogens is 372 g/mol. The van der Waals surface area contributed by atoms with E-state index < -0.39 is 22.9 Å². The van der Waals surface area contributed by atoms with Gasteiger partial charge in [0.2, 0.25) is 0 Å². The Hall–Kier alpha value is -3.19. The Bertz CT molecular complexity index is 1240. The van der Waals surface area contributed by atoms with Gasteiger partial charge in [0.15, 0.2) is 11.6 Å². The van der Waals surface area contributed by atoms with Crippen LogP contribution >= 0.6 is 11.3 Å². The molecule has 136 valence electrons. The smallest absolute Gasteiger partial charge is 0.260 e. The molecule has 2 aromatic heterocycles. The third-order valence-corrected chi connectivity index (χ3v) is 5.35. The lowest BCUT2D eigenvalue weighted by atomic mass is 9.99. The molecule has 27 heavy (non-hydrogen) atoms. The maximum absolute atomic E-state index is 14.1. The lowest BCUT2D eigenvalue weighted by Crippen LogP contribution is -2.08. The summed E-state index contributed by atoms with van der Waals surface area (Å²) in [7, 11) is 0. The summed E-state index contributed by atoms with van der Waals surface area (Å²) in [5.41, 5.74) is 0.683. The summed E-state index contributed by atoms with van der Waals surface area (Å²) >= 11 is 1.15. The number of phenolic OH excluding ortho intramolecular Hbond substituents is 1. The summed E-state index contributed by atoms with van der Waals surface area (Å²) in [6, 6.07) is 8.23. The number of pyridine rings is 1. The summed E-state index contributed by atoms with van der Waals surface area (Å²) in [5.74, 6) is -2.04. The molecule has 0 aliphatic heterocycles. The maximum Gasteiger partial charge on any atom is 0.260 e. The molecule has 2 aromatic carbocycles. The number of aromatic amines is 1. The first-order valence-corrected chi connectivity index (χ1v) is 8.87. The van der Waals surface area contributed by atoms with E-state index in [4.69, 9.17) is 0 Å². The number of aryl methyl sites for hydroxylation is 1. The SMILES string of the molecule is Cc1ccc(-c2csc3[nH]c(=O)c(-c4ccc(F)cc4)c(O)c23)c(O)c1F. The number of hydrogen-bond acceptors (Lipinski definition) is 4. The topological polar surface area (TPSA) is 73.3 Å². The molecule has 3 N–H and O–H groups in total. The van der Waals surface area contributed by atoms with Crippen molar-refractivity contribution in [2.75, 3.05) is 0 Å². The van der Waals surface area contributed by atoms with Gasteiger partial charge in [0, 0.05) is 16.5 Å². The van der Waals surface area contributed by atoms with E-state index in [-0.39, 0.29) is 22.3 Å². The van der Waals surface area contributed by atoms with E-state index >= 15 is 0 Å². The number of thiophene rings is 1. The molecule has 0 aliphatic rings. The molecule has 4 aromatic rings. The van der Waals surface area contributed by atoms with Gasteiger partial charge >= 0.3 is 0 Å². The van der Waals surface area contributed by atoms with Crippen molar-refractivity contribution in [3.8, 4) is 33.8 Å². The normalized spacial score (nSPS) is 11.2. The molecular formula is C20H13F2NO3S. The van der Waals surface area contributed by atoms with Crippen LogP contribution in [0.1, 0.15) is 5.56 Å². The Labute approximate surface area is 156 Å². The van der Waals surface area contributed by atoms with Gasteiger partial charge in [-0.05, 0) is 30.2 Å². The van der Waals surface area contributed by atoms with Crippen LogP contribution in [0.4, 0.5) is 8.78 Å². The number of benzene rings is 2. The number of aromatic nitrogens is 1. The van der Waals surface area contributed by atoms with Crippen molar-refractivity contribution in [3.05, 3.63) is 69.3 Å². The van der Waals surface area contributed by atoms with E-state index in [9.17, 15) is 23.8 Å². The molecule has 2 heterocycles. The maximum atomic E-state index is 14.1. The van der Waals surface area contributed by atoms with Crippen LogP contribution in [0.3, 0.4) is 0 Å². The number of phenols is 1. The van der Waals surface area contributed by atoms with Gasteiger partial charge in [-0.15, -0.1) is 11.3 Å². The molecule has 0 bridgehead atoms. The Morgan fingerprint density at radius 3 is 2.37 bits per heavy atom. The van der Waals surface area contributed by atoms with E-state index in [1.165, 1.54) is 37.3 Å². The minimum Gasteiger partial charge on any atom is -0.506 e. The van der Waals surface area contributed by atoms with Gasteiger partial charge in [0.05, 0.1) is 10.9 Å². The Morgan fingerprint density at radius 2 is 1.67 bits per heavy atom. The molecule has 0 aliphatic carbocycles. The van der Waals surface area contributed by atoms with Gasteiger partial charge in [-0.25, -0.2) is 8.78 Å². The van der Waals surface area contributed by atoms with E-state index in [0.29, 0.717) is 21.5 Å². The summed E-state index contributed by atoms with van der Waals surface area (Å²) in [6.45, 7) is 1.53. The summed E-state index contributed by atoms with van der Waals surface area (Å²) in [5, 5.41) is 22.9. The minimum atomic E-state index is -0.741. The zero-order valence-electron chi connectivity index (χ0n) is 14.0. The minimum absolute atomic E-state index is 0.0192. The third-order valence-electron chi connectivity index (χ3n) is 4.45. The van der Waals surface area contributed by atoms with Crippen LogP contribution < -0.4 is 5.56 Å². The largest absolute Gasteiger partial charge is 0.506 e. The summed E-state index contributed by atoms with van der Waals surface area (Å²) in [4.78, 5) is 15.5. The highest BCUT2D eigenvalue weighted by Crippen LogP contribution is 2.44. The fourth-order valence-electron chi connectivity index (χ4n) is 3.05. The van der Waals surface area contributed by atoms with Crippen LogP contribution in [0.15, 0.2) is 46.6 Å². The standard InChI is InChI=1S/C20H13F2NO3S/c1-9-2-7-12(17(24)16(9)22)13-8-27-20-15(13)18(25)14(19(26)23-20)10-3-5-11(21)6-4-10/h2-8,24H,1H3,(H2,23,25,26). The first-order valence-electron chi connectivity index (χ1n) is 7.99. The molecule has 7 heteroatoms. The number of nitrogens with one attached hydrogen (secondary N) is 1. The second-order valence-electron chi connectivity index (χ2n) is 6.13. The van der Waals surface area contributed by atoms with Gasteiger partial charge in [-0.2, -0.15) is 0 Å². The molecule has 0 saturated heterocycles. The van der Waals surface area contributed by atoms with E-state index in [2.05, 4.69) is 4.98 Å². The molecule has 0 fully saturated rings. The van der Waals surface area contributed by atoms with Crippen molar-refractivity contribution in [3.63, 3.8) is 0 Å². The van der Waals surface area contributed by atoms with Crippen molar-refractivity contribution in [2.45, 2.75) is 6.92 Å². The van der Waals surface area contributed by atoms with E-state index in [0.717, 1.165) is 11.3 Å². The number of fused-ring (bicyclic) bond motifs is 1. The second-order valence-corrected chi connectivity index (χ2v) is 7.01. The van der Waals surface area contributed by atoms with Crippen LogP contribution in [0, 0.1) is 18.6 Å².